The summed E-state index contributed by atoms with van der Waals surface area (Å²) in [6.07, 6.45) is -0.428. The molecule has 0 bridgehead atoms. The van der Waals surface area contributed by atoms with Crippen LogP contribution in [0.5, 0.6) is 0 Å². The van der Waals surface area contributed by atoms with E-state index in [4.69, 9.17) is 10.5 Å². The second-order valence-corrected chi connectivity index (χ2v) is 6.68. The Bertz CT molecular complexity index is 535. The van der Waals surface area contributed by atoms with Crippen LogP contribution >= 0.6 is 0 Å². The Hall–Kier alpha value is -2.24. The number of likely N-dealkylation sites (N-methyl/N-ethyl adjacent to an activating group) is 2. The monoisotopic (exact) mass is 321 g/mol. The lowest BCUT2D eigenvalue weighted by molar-refractivity contribution is 0.102. The van der Waals surface area contributed by atoms with E-state index in [1.165, 1.54) is 15.4 Å². The van der Waals surface area contributed by atoms with Crippen LogP contribution in [0.25, 0.3) is 0 Å². The number of hydrogen-bond acceptors (Lipinski definition) is 3. The predicted molar refractivity (Wildman–Crippen MR) is 90.2 cm³/mol. The molecule has 0 heterocycles. The molecule has 0 fully saturated rings. The van der Waals surface area contributed by atoms with E-state index in [9.17, 15) is 9.59 Å². The number of benzene rings is 1. The number of hydrogen-bond donors (Lipinski definition) is 1. The summed E-state index contributed by atoms with van der Waals surface area (Å²) in [6.45, 7) is 7.40. The van der Waals surface area contributed by atoms with Crippen molar-refractivity contribution in [2.75, 3.05) is 27.2 Å². The molecule has 1 rings (SSSR count). The summed E-state index contributed by atoms with van der Waals surface area (Å²) >= 11 is 0. The highest BCUT2D eigenvalue weighted by molar-refractivity contribution is 5.71. The van der Waals surface area contributed by atoms with Crippen LogP contribution in [0.15, 0.2) is 24.3 Å². The largest absolute Gasteiger partial charge is 0.445 e. The summed E-state index contributed by atoms with van der Waals surface area (Å²) in [4.78, 5) is 25.6. The average molecular weight is 321 g/mol. The van der Waals surface area contributed by atoms with E-state index in [1.807, 2.05) is 12.1 Å². The van der Waals surface area contributed by atoms with E-state index in [-0.39, 0.29) is 12.0 Å². The topological polar surface area (TPSA) is 75.9 Å². The highest BCUT2D eigenvalue weighted by Gasteiger charge is 2.14. The summed E-state index contributed by atoms with van der Waals surface area (Å²) in [6, 6.07) is 7.51. The molecule has 0 saturated carbocycles. The van der Waals surface area contributed by atoms with Crippen LogP contribution in [0.2, 0.25) is 0 Å². The molecule has 0 radical (unpaired) electrons. The van der Waals surface area contributed by atoms with Crippen LogP contribution in [0.4, 0.5) is 9.59 Å². The number of nitrogens with zero attached hydrogens (tertiary/aromatic N) is 2. The van der Waals surface area contributed by atoms with Crippen LogP contribution in [0.1, 0.15) is 31.9 Å². The van der Waals surface area contributed by atoms with E-state index < -0.39 is 12.1 Å². The van der Waals surface area contributed by atoms with Gasteiger partial charge >= 0.3 is 12.1 Å². The Morgan fingerprint density at radius 3 is 2.04 bits per heavy atom. The van der Waals surface area contributed by atoms with Gasteiger partial charge in [0, 0.05) is 27.2 Å². The number of urea groups is 1. The average Bonchev–Trinajstić information content (AvgIpc) is 2.49. The summed E-state index contributed by atoms with van der Waals surface area (Å²) in [5, 5.41) is 0. The first kappa shape index (κ1) is 18.8. The van der Waals surface area contributed by atoms with Crippen LogP contribution < -0.4 is 5.73 Å². The molecule has 0 aliphatic heterocycles. The van der Waals surface area contributed by atoms with Crippen molar-refractivity contribution < 1.29 is 14.3 Å². The van der Waals surface area contributed by atoms with Gasteiger partial charge in [0.25, 0.3) is 0 Å². The van der Waals surface area contributed by atoms with Crippen molar-refractivity contribution in [3.8, 4) is 0 Å². The van der Waals surface area contributed by atoms with Crippen molar-refractivity contribution in [1.29, 1.82) is 0 Å². The van der Waals surface area contributed by atoms with Gasteiger partial charge in [0.1, 0.15) is 6.61 Å². The molecule has 0 spiro atoms. The Morgan fingerprint density at radius 1 is 1.04 bits per heavy atom. The minimum atomic E-state index is -0.522. The van der Waals surface area contributed by atoms with E-state index in [0.29, 0.717) is 13.1 Å². The minimum Gasteiger partial charge on any atom is -0.445 e. The Kier molecular flexibility index (Phi) is 6.42. The van der Waals surface area contributed by atoms with Gasteiger partial charge in [-0.1, -0.05) is 45.0 Å². The molecule has 6 nitrogen and oxygen atoms in total. The minimum absolute atomic E-state index is 0.0991. The molecule has 0 aliphatic carbocycles. The number of amides is 3. The van der Waals surface area contributed by atoms with Gasteiger partial charge in [-0.15, -0.1) is 0 Å². The summed E-state index contributed by atoms with van der Waals surface area (Å²) in [5.41, 5.74) is 7.40. The Labute approximate surface area is 138 Å². The number of ether oxygens (including phenoxy) is 1. The second kappa shape index (κ2) is 7.85. The van der Waals surface area contributed by atoms with Gasteiger partial charge in [-0.05, 0) is 16.5 Å². The van der Waals surface area contributed by atoms with Gasteiger partial charge in [-0.2, -0.15) is 0 Å². The molecule has 0 aromatic heterocycles. The summed E-state index contributed by atoms with van der Waals surface area (Å²) in [7, 11) is 3.21. The maximum absolute atomic E-state index is 11.9. The van der Waals surface area contributed by atoms with E-state index in [0.717, 1.165) is 5.56 Å². The highest BCUT2D eigenvalue weighted by Crippen LogP contribution is 2.22. The van der Waals surface area contributed by atoms with E-state index in [2.05, 4.69) is 32.9 Å². The number of carbonyl (C=O) groups is 2. The molecule has 1 aromatic rings. The van der Waals surface area contributed by atoms with Gasteiger partial charge in [0.05, 0.1) is 0 Å². The van der Waals surface area contributed by atoms with Crippen molar-refractivity contribution in [3.63, 3.8) is 0 Å². The van der Waals surface area contributed by atoms with Gasteiger partial charge in [-0.25, -0.2) is 9.59 Å². The number of rotatable bonds is 5. The maximum atomic E-state index is 11.9. The fourth-order valence-corrected chi connectivity index (χ4v) is 1.86. The quantitative estimate of drug-likeness (QED) is 0.905. The summed E-state index contributed by atoms with van der Waals surface area (Å²) < 4.78 is 5.26. The van der Waals surface area contributed by atoms with Crippen molar-refractivity contribution in [2.24, 2.45) is 5.73 Å². The van der Waals surface area contributed by atoms with Crippen molar-refractivity contribution in [3.05, 3.63) is 35.4 Å². The van der Waals surface area contributed by atoms with Crippen molar-refractivity contribution in [2.45, 2.75) is 32.8 Å². The van der Waals surface area contributed by atoms with Crippen molar-refractivity contribution >= 4 is 12.1 Å². The number of primary amides is 1. The molecule has 1 aromatic carbocycles. The van der Waals surface area contributed by atoms with Gasteiger partial charge < -0.3 is 20.3 Å². The fraction of sp³-hybridized carbons (Fsp3) is 0.529. The fourth-order valence-electron chi connectivity index (χ4n) is 1.86. The lowest BCUT2D eigenvalue weighted by Gasteiger charge is -2.21. The predicted octanol–water partition coefficient (Wildman–Crippen LogP) is 2.56. The zero-order valence-electron chi connectivity index (χ0n) is 14.6. The SMILES string of the molecule is CN(CCN(C)C(=O)OCc1ccc(C(C)(C)C)cc1)C(N)=O. The third-order valence-electron chi connectivity index (χ3n) is 3.64. The third kappa shape index (κ3) is 6.18. The zero-order chi connectivity index (χ0) is 17.6. The molecular weight excluding hydrogens is 294 g/mol. The molecule has 0 unspecified atom stereocenters. The number of nitrogens with two attached hydrogens (primary N) is 1. The Balaban J connectivity index is 2.45. The maximum Gasteiger partial charge on any atom is 0.409 e. The van der Waals surface area contributed by atoms with E-state index in [1.54, 1.807) is 14.1 Å². The lowest BCUT2D eigenvalue weighted by Crippen LogP contribution is -2.39. The first-order valence-electron chi connectivity index (χ1n) is 7.59. The van der Waals surface area contributed by atoms with Gasteiger partial charge in [-0.3, -0.25) is 0 Å². The molecule has 23 heavy (non-hydrogen) atoms. The first-order valence-corrected chi connectivity index (χ1v) is 7.59. The van der Waals surface area contributed by atoms with Gasteiger partial charge in [0.2, 0.25) is 0 Å². The van der Waals surface area contributed by atoms with Crippen LogP contribution in [0.3, 0.4) is 0 Å². The smallest absolute Gasteiger partial charge is 0.409 e. The molecule has 3 amide bonds. The Morgan fingerprint density at radius 2 is 1.57 bits per heavy atom. The van der Waals surface area contributed by atoms with Crippen LogP contribution in [-0.2, 0) is 16.8 Å². The third-order valence-corrected chi connectivity index (χ3v) is 3.64. The lowest BCUT2D eigenvalue weighted by atomic mass is 9.87. The zero-order valence-corrected chi connectivity index (χ0v) is 14.6. The first-order chi connectivity index (χ1) is 10.6. The van der Waals surface area contributed by atoms with Crippen LogP contribution in [0, 0.1) is 0 Å². The molecule has 2 N–H and O–H groups in total. The molecule has 0 saturated heterocycles. The van der Waals surface area contributed by atoms with Gasteiger partial charge in [0.15, 0.2) is 0 Å². The summed E-state index contributed by atoms with van der Waals surface area (Å²) in [5.74, 6) is 0. The number of carbonyl (C=O) groups excluding carboxylic acids is 2. The molecule has 0 aliphatic rings. The highest BCUT2D eigenvalue weighted by atomic mass is 16.6. The normalized spacial score (nSPS) is 11.0. The molecule has 128 valence electrons. The second-order valence-electron chi connectivity index (χ2n) is 6.68. The molecule has 6 heteroatoms. The van der Waals surface area contributed by atoms with E-state index >= 15 is 0 Å². The molecule has 0 atom stereocenters. The van der Waals surface area contributed by atoms with Crippen molar-refractivity contribution in [1.82, 2.24) is 9.80 Å². The van der Waals surface area contributed by atoms with Crippen LogP contribution in [-0.4, -0.2) is 49.1 Å². The molecular formula is C17H27N3O3. The standard InChI is InChI=1S/C17H27N3O3/c1-17(2,3)14-8-6-13(7-9-14)12-23-16(22)20(5)11-10-19(4)15(18)21/h6-9H,10-12H2,1-5H3,(H2,18,21).